The Morgan fingerprint density at radius 3 is 2.59 bits per heavy atom. The Bertz CT molecular complexity index is 650. The number of ether oxygens (including phenoxy) is 2. The fourth-order valence-electron chi connectivity index (χ4n) is 3.46. The highest BCUT2D eigenvalue weighted by Gasteiger charge is 2.16. The molecule has 2 N–H and O–H groups in total. The summed E-state index contributed by atoms with van der Waals surface area (Å²) in [4.78, 5) is 9.74. The molecule has 0 amide bonds. The molecule has 0 bridgehead atoms. The highest BCUT2D eigenvalue weighted by molar-refractivity contribution is 14.0. The average Bonchev–Trinajstić information content (AvgIpc) is 2.93. The number of halogens is 1. The second kappa shape index (κ2) is 12.4. The third-order valence-corrected chi connectivity index (χ3v) is 5.08. The molecule has 0 spiro atoms. The Kier molecular flexibility index (Phi) is 10.3. The van der Waals surface area contributed by atoms with Gasteiger partial charge in [0.25, 0.3) is 0 Å². The van der Waals surface area contributed by atoms with Crippen LogP contribution in [0.2, 0.25) is 0 Å². The number of likely N-dealkylation sites (N-methyl/N-ethyl adjacent to an activating group) is 1. The first-order chi connectivity index (χ1) is 13.6. The Hall–Kier alpha value is -1.26. The Balaban J connectivity index is 0.00000300. The lowest BCUT2D eigenvalue weighted by Gasteiger charge is -2.33. The second-order valence-electron chi connectivity index (χ2n) is 7.77. The smallest absolute Gasteiger partial charge is 0.195 e. The average molecular weight is 517 g/mol. The molecular weight excluding hydrogens is 481 g/mol. The van der Waals surface area contributed by atoms with Crippen molar-refractivity contribution in [2.75, 3.05) is 71.4 Å². The van der Waals surface area contributed by atoms with E-state index in [9.17, 15) is 0 Å². The number of hydrogen-bond acceptors (Lipinski definition) is 5. The van der Waals surface area contributed by atoms with Gasteiger partial charge in [0.05, 0.1) is 13.2 Å². The van der Waals surface area contributed by atoms with Gasteiger partial charge in [-0.05, 0) is 32.0 Å². The van der Waals surface area contributed by atoms with Crippen molar-refractivity contribution in [2.45, 2.75) is 20.3 Å². The summed E-state index contributed by atoms with van der Waals surface area (Å²) < 4.78 is 11.5. The minimum atomic E-state index is 0. The van der Waals surface area contributed by atoms with Gasteiger partial charge < -0.3 is 29.9 Å². The fourth-order valence-corrected chi connectivity index (χ4v) is 3.46. The molecule has 2 aliphatic rings. The van der Waals surface area contributed by atoms with E-state index in [1.807, 2.05) is 18.2 Å². The normalized spacial score (nSPS) is 19.1. The molecule has 1 saturated heterocycles. The molecule has 1 fully saturated rings. The van der Waals surface area contributed by atoms with Crippen molar-refractivity contribution in [3.05, 3.63) is 18.2 Å². The summed E-state index contributed by atoms with van der Waals surface area (Å²) in [6, 6.07) is 5.96. The largest absolute Gasteiger partial charge is 0.490 e. The van der Waals surface area contributed by atoms with Crippen LogP contribution in [0.1, 0.15) is 20.3 Å². The van der Waals surface area contributed by atoms with E-state index in [0.29, 0.717) is 19.1 Å². The van der Waals surface area contributed by atoms with Gasteiger partial charge in [0.15, 0.2) is 17.5 Å². The minimum absolute atomic E-state index is 0. The molecule has 0 aromatic heterocycles. The third kappa shape index (κ3) is 7.82. The Morgan fingerprint density at radius 2 is 1.86 bits per heavy atom. The van der Waals surface area contributed by atoms with Crippen molar-refractivity contribution in [1.29, 1.82) is 0 Å². The van der Waals surface area contributed by atoms with Crippen LogP contribution in [0.15, 0.2) is 23.2 Å². The molecule has 2 aliphatic heterocycles. The number of guanidine groups is 1. The van der Waals surface area contributed by atoms with Crippen molar-refractivity contribution in [3.63, 3.8) is 0 Å². The molecule has 1 atom stereocenters. The van der Waals surface area contributed by atoms with Crippen LogP contribution in [0.3, 0.4) is 0 Å². The molecule has 1 aromatic carbocycles. The number of aliphatic imine (C=N–C) groups is 1. The van der Waals surface area contributed by atoms with Gasteiger partial charge in [-0.15, -0.1) is 24.0 Å². The molecule has 0 radical (unpaired) electrons. The van der Waals surface area contributed by atoms with Crippen molar-refractivity contribution in [3.8, 4) is 11.5 Å². The quantitative estimate of drug-likeness (QED) is 0.344. The zero-order valence-corrected chi connectivity index (χ0v) is 20.3. The van der Waals surface area contributed by atoms with E-state index in [0.717, 1.165) is 75.4 Å². The molecule has 2 heterocycles. The van der Waals surface area contributed by atoms with E-state index in [1.165, 1.54) is 0 Å². The summed E-state index contributed by atoms with van der Waals surface area (Å²) in [5, 5.41) is 6.73. The molecular formula is C21H36IN5O2. The third-order valence-electron chi connectivity index (χ3n) is 5.08. The van der Waals surface area contributed by atoms with Gasteiger partial charge in [-0.1, -0.05) is 6.92 Å². The highest BCUT2D eigenvalue weighted by atomic mass is 127. The van der Waals surface area contributed by atoms with Crippen LogP contribution < -0.4 is 20.1 Å². The van der Waals surface area contributed by atoms with E-state index in [4.69, 9.17) is 14.5 Å². The van der Waals surface area contributed by atoms with Crippen molar-refractivity contribution >= 4 is 35.6 Å². The molecule has 7 nitrogen and oxygen atoms in total. The molecule has 3 rings (SSSR count). The summed E-state index contributed by atoms with van der Waals surface area (Å²) in [7, 11) is 2.19. The topological polar surface area (TPSA) is 61.4 Å². The zero-order valence-electron chi connectivity index (χ0n) is 17.9. The fraction of sp³-hybridized carbons (Fsp3) is 0.667. The molecule has 164 valence electrons. The van der Waals surface area contributed by atoms with Crippen LogP contribution in [0.25, 0.3) is 0 Å². The lowest BCUT2D eigenvalue weighted by molar-refractivity contribution is 0.140. The first-order valence-electron chi connectivity index (χ1n) is 10.5. The predicted octanol–water partition coefficient (Wildman–Crippen LogP) is 2.73. The highest BCUT2D eigenvalue weighted by Crippen LogP contribution is 2.32. The van der Waals surface area contributed by atoms with Crippen LogP contribution in [0.4, 0.5) is 5.69 Å². The Labute approximate surface area is 192 Å². The summed E-state index contributed by atoms with van der Waals surface area (Å²) >= 11 is 0. The van der Waals surface area contributed by atoms with E-state index >= 15 is 0 Å². The summed E-state index contributed by atoms with van der Waals surface area (Å²) in [5.74, 6) is 2.93. The van der Waals surface area contributed by atoms with Crippen LogP contribution in [-0.2, 0) is 0 Å². The van der Waals surface area contributed by atoms with Gasteiger partial charge in [0.1, 0.15) is 0 Å². The maximum Gasteiger partial charge on any atom is 0.195 e. The van der Waals surface area contributed by atoms with Crippen LogP contribution in [0.5, 0.6) is 11.5 Å². The summed E-state index contributed by atoms with van der Waals surface area (Å²) in [6.07, 6.45) is 0.909. The summed E-state index contributed by atoms with van der Waals surface area (Å²) in [5.41, 5.74) is 0.954. The van der Waals surface area contributed by atoms with Gasteiger partial charge in [-0.25, -0.2) is 0 Å². The molecule has 29 heavy (non-hydrogen) atoms. The molecule has 0 aliphatic carbocycles. The molecule has 0 saturated carbocycles. The van der Waals surface area contributed by atoms with Gasteiger partial charge in [0.2, 0.25) is 0 Å². The predicted molar refractivity (Wildman–Crippen MR) is 130 cm³/mol. The lowest BCUT2D eigenvalue weighted by atomic mass is 10.1. The molecule has 1 aromatic rings. The number of hydrogen-bond donors (Lipinski definition) is 2. The van der Waals surface area contributed by atoms with Gasteiger partial charge in [0, 0.05) is 64.0 Å². The SMILES string of the molecule is CCNC(=NCC(C)CN1CCN(C)CC1)Nc1ccc2c(c1)OCCCO2.I. The van der Waals surface area contributed by atoms with E-state index in [1.54, 1.807) is 0 Å². The van der Waals surface area contributed by atoms with Crippen LogP contribution in [-0.4, -0.2) is 81.8 Å². The monoisotopic (exact) mass is 517 g/mol. The summed E-state index contributed by atoms with van der Waals surface area (Å²) in [6.45, 7) is 13.1. The first kappa shape index (κ1) is 24.0. The number of rotatable bonds is 6. The van der Waals surface area contributed by atoms with E-state index < -0.39 is 0 Å². The maximum absolute atomic E-state index is 5.79. The lowest BCUT2D eigenvalue weighted by Crippen LogP contribution is -2.46. The van der Waals surface area contributed by atoms with Crippen molar-refractivity contribution < 1.29 is 9.47 Å². The standard InChI is InChI=1S/C21H35N5O2.HI/c1-4-22-21(23-15-17(2)16-26-10-8-25(3)9-11-26)24-18-6-7-19-20(14-18)28-13-5-12-27-19;/h6-7,14,17H,4-5,8-13,15-16H2,1-3H3,(H2,22,23,24);1H. The Morgan fingerprint density at radius 1 is 1.14 bits per heavy atom. The number of fused-ring (bicyclic) bond motifs is 1. The number of nitrogens with one attached hydrogen (secondary N) is 2. The number of anilines is 1. The number of nitrogens with zero attached hydrogens (tertiary/aromatic N) is 3. The number of benzene rings is 1. The van der Waals surface area contributed by atoms with Gasteiger partial charge in [-0.3, -0.25) is 4.99 Å². The maximum atomic E-state index is 5.79. The van der Waals surface area contributed by atoms with Gasteiger partial charge in [-0.2, -0.15) is 0 Å². The minimum Gasteiger partial charge on any atom is -0.490 e. The van der Waals surface area contributed by atoms with Gasteiger partial charge >= 0.3 is 0 Å². The van der Waals surface area contributed by atoms with Crippen LogP contribution >= 0.6 is 24.0 Å². The van der Waals surface area contributed by atoms with E-state index in [-0.39, 0.29) is 24.0 Å². The zero-order chi connectivity index (χ0) is 19.8. The van der Waals surface area contributed by atoms with E-state index in [2.05, 4.69) is 41.3 Å². The molecule has 8 heteroatoms. The number of piperazine rings is 1. The van der Waals surface area contributed by atoms with Crippen LogP contribution in [0, 0.1) is 5.92 Å². The second-order valence-corrected chi connectivity index (χ2v) is 7.77. The molecule has 1 unspecified atom stereocenters. The van der Waals surface area contributed by atoms with Crippen molar-refractivity contribution in [1.82, 2.24) is 15.1 Å². The first-order valence-corrected chi connectivity index (χ1v) is 10.5. The van der Waals surface area contributed by atoms with Crippen molar-refractivity contribution in [2.24, 2.45) is 10.9 Å².